The lowest BCUT2D eigenvalue weighted by Crippen LogP contribution is -2.40. The van der Waals surface area contributed by atoms with Crippen LogP contribution in [0.5, 0.6) is 5.75 Å². The first-order chi connectivity index (χ1) is 10.6. The molecule has 0 unspecified atom stereocenters. The maximum absolute atomic E-state index is 12.0. The number of likely N-dealkylation sites (tertiary alicyclic amines) is 1. The van der Waals surface area contributed by atoms with Gasteiger partial charge in [-0.15, -0.1) is 0 Å². The van der Waals surface area contributed by atoms with Crippen LogP contribution in [0.1, 0.15) is 37.0 Å². The van der Waals surface area contributed by atoms with Gasteiger partial charge in [-0.3, -0.25) is 4.79 Å². The first-order valence-electron chi connectivity index (χ1n) is 8.23. The number of rotatable bonds is 6. The lowest BCUT2D eigenvalue weighted by Gasteiger charge is -2.34. The second-order valence-corrected chi connectivity index (χ2v) is 6.54. The Hall–Kier alpha value is -1.55. The van der Waals surface area contributed by atoms with E-state index >= 15 is 0 Å². The van der Waals surface area contributed by atoms with Crippen molar-refractivity contribution in [2.24, 2.45) is 11.8 Å². The summed E-state index contributed by atoms with van der Waals surface area (Å²) in [6.45, 7) is 8.83. The van der Waals surface area contributed by atoms with Crippen LogP contribution in [-0.4, -0.2) is 44.1 Å². The van der Waals surface area contributed by atoms with Crippen LogP contribution in [0.15, 0.2) is 24.3 Å². The summed E-state index contributed by atoms with van der Waals surface area (Å²) in [5.74, 6) is 2.34. The van der Waals surface area contributed by atoms with Gasteiger partial charge in [0.1, 0.15) is 5.75 Å². The molecule has 1 aromatic carbocycles. The molecule has 1 aliphatic heterocycles. The van der Waals surface area contributed by atoms with Gasteiger partial charge in [0.25, 0.3) is 5.91 Å². The molecule has 0 aliphatic carbocycles. The number of ether oxygens (including phenoxy) is 1. The molecule has 1 aliphatic rings. The minimum absolute atomic E-state index is 0.0111. The topological polar surface area (TPSA) is 41.6 Å². The quantitative estimate of drug-likeness (QED) is 0.822. The molecule has 1 fully saturated rings. The number of nitrogens with zero attached hydrogens (tertiary/aromatic N) is 1. The van der Waals surface area contributed by atoms with Crippen LogP contribution in [0.3, 0.4) is 0 Å². The highest BCUT2D eigenvalue weighted by Gasteiger charge is 2.21. The summed E-state index contributed by atoms with van der Waals surface area (Å²) in [6.07, 6.45) is 2.34. The van der Waals surface area contributed by atoms with Crippen LogP contribution in [0.4, 0.5) is 0 Å². The van der Waals surface area contributed by atoms with E-state index in [0.29, 0.717) is 5.56 Å². The molecular formula is C18H28N2O2. The third kappa shape index (κ3) is 5.02. The summed E-state index contributed by atoms with van der Waals surface area (Å²) >= 11 is 0. The first kappa shape index (κ1) is 16.8. The van der Waals surface area contributed by atoms with E-state index < -0.39 is 0 Å². The van der Waals surface area contributed by atoms with Gasteiger partial charge in [0.2, 0.25) is 0 Å². The zero-order valence-electron chi connectivity index (χ0n) is 14.0. The normalized spacial score (nSPS) is 22.3. The van der Waals surface area contributed by atoms with Gasteiger partial charge < -0.3 is 15.0 Å². The van der Waals surface area contributed by atoms with Crippen LogP contribution in [-0.2, 0) is 0 Å². The van der Waals surface area contributed by atoms with Crippen LogP contribution in [0.25, 0.3) is 0 Å². The van der Waals surface area contributed by atoms with E-state index in [1.165, 1.54) is 19.5 Å². The summed E-state index contributed by atoms with van der Waals surface area (Å²) in [6, 6.07) is 7.21. The molecule has 2 rings (SSSR count). The maximum Gasteiger partial charge on any atom is 0.251 e. The van der Waals surface area contributed by atoms with Crippen LogP contribution < -0.4 is 10.1 Å². The molecule has 1 aromatic rings. The summed E-state index contributed by atoms with van der Waals surface area (Å²) in [5.41, 5.74) is 0.681. The molecule has 1 amide bonds. The Morgan fingerprint density at radius 2 is 1.86 bits per heavy atom. The number of methoxy groups -OCH3 is 1. The van der Waals surface area contributed by atoms with Gasteiger partial charge in [0, 0.05) is 25.2 Å². The molecular weight excluding hydrogens is 276 g/mol. The fourth-order valence-corrected chi connectivity index (χ4v) is 3.32. The zero-order chi connectivity index (χ0) is 15.9. The second-order valence-electron chi connectivity index (χ2n) is 6.54. The molecule has 4 heteroatoms. The Kier molecular flexibility index (Phi) is 6.25. The molecule has 122 valence electrons. The highest BCUT2D eigenvalue weighted by Crippen LogP contribution is 2.20. The largest absolute Gasteiger partial charge is 0.497 e. The third-order valence-corrected chi connectivity index (χ3v) is 4.23. The highest BCUT2D eigenvalue weighted by molar-refractivity contribution is 5.94. The van der Waals surface area contributed by atoms with E-state index in [4.69, 9.17) is 4.74 Å². The number of hydrogen-bond acceptors (Lipinski definition) is 3. The Balaban J connectivity index is 1.68. The number of amides is 1. The fraction of sp³-hybridized carbons (Fsp3) is 0.611. The summed E-state index contributed by atoms with van der Waals surface area (Å²) < 4.78 is 5.09. The van der Waals surface area contributed by atoms with Crippen molar-refractivity contribution in [1.29, 1.82) is 0 Å². The molecule has 0 aromatic heterocycles. The lowest BCUT2D eigenvalue weighted by molar-refractivity contribution is 0.0947. The van der Waals surface area contributed by atoms with Crippen LogP contribution >= 0.6 is 0 Å². The molecule has 0 bridgehead atoms. The smallest absolute Gasteiger partial charge is 0.251 e. The molecule has 1 heterocycles. The number of carbonyl (C=O) groups excluding carboxylic acids is 1. The Morgan fingerprint density at radius 3 is 2.45 bits per heavy atom. The number of hydrogen-bond donors (Lipinski definition) is 1. The van der Waals surface area contributed by atoms with Gasteiger partial charge in [0.05, 0.1) is 7.11 Å². The predicted molar refractivity (Wildman–Crippen MR) is 89.3 cm³/mol. The van der Waals surface area contributed by atoms with Crippen LogP contribution in [0.2, 0.25) is 0 Å². The van der Waals surface area contributed by atoms with E-state index in [-0.39, 0.29) is 5.91 Å². The Labute approximate surface area is 133 Å². The average molecular weight is 304 g/mol. The standard InChI is InChI=1S/C18H28N2O2/c1-14-11-15(2)13-20(12-14)10-4-9-19-18(21)16-5-7-17(22-3)8-6-16/h5-8,14-15H,4,9-13H2,1-3H3,(H,19,21)/t14-,15-/m1/s1. The van der Waals surface area contributed by atoms with Crippen LogP contribution in [0, 0.1) is 11.8 Å². The van der Waals surface area contributed by atoms with Gasteiger partial charge in [-0.25, -0.2) is 0 Å². The maximum atomic E-state index is 12.0. The minimum Gasteiger partial charge on any atom is -0.497 e. The molecule has 1 saturated heterocycles. The van der Waals surface area contributed by atoms with Gasteiger partial charge in [0.15, 0.2) is 0 Å². The fourth-order valence-electron chi connectivity index (χ4n) is 3.32. The first-order valence-corrected chi connectivity index (χ1v) is 8.23. The molecule has 22 heavy (non-hydrogen) atoms. The van der Waals surface area contributed by atoms with Gasteiger partial charge in [-0.05, 0) is 55.5 Å². The lowest BCUT2D eigenvalue weighted by atomic mass is 9.92. The molecule has 4 nitrogen and oxygen atoms in total. The van der Waals surface area contributed by atoms with Crippen molar-refractivity contribution in [3.63, 3.8) is 0 Å². The van der Waals surface area contributed by atoms with E-state index in [1.807, 2.05) is 12.1 Å². The second kappa shape index (κ2) is 8.18. The van der Waals surface area contributed by atoms with E-state index in [0.717, 1.165) is 37.1 Å². The van der Waals surface area contributed by atoms with Crippen molar-refractivity contribution < 1.29 is 9.53 Å². The number of carbonyl (C=O) groups is 1. The highest BCUT2D eigenvalue weighted by atomic mass is 16.5. The zero-order valence-corrected chi connectivity index (χ0v) is 14.0. The van der Waals surface area contributed by atoms with Crippen molar-refractivity contribution in [3.05, 3.63) is 29.8 Å². The monoisotopic (exact) mass is 304 g/mol. The Morgan fingerprint density at radius 1 is 1.23 bits per heavy atom. The van der Waals surface area contributed by atoms with Gasteiger partial charge >= 0.3 is 0 Å². The number of nitrogens with one attached hydrogen (secondary N) is 1. The molecule has 0 saturated carbocycles. The van der Waals surface area contributed by atoms with E-state index in [2.05, 4.69) is 24.1 Å². The SMILES string of the molecule is COc1ccc(C(=O)NCCCN2C[C@H](C)C[C@@H](C)C2)cc1. The molecule has 2 atom stereocenters. The van der Waals surface area contributed by atoms with Crippen molar-refractivity contribution in [3.8, 4) is 5.75 Å². The van der Waals surface area contributed by atoms with Gasteiger partial charge in [-0.1, -0.05) is 13.8 Å². The predicted octanol–water partition coefficient (Wildman–Crippen LogP) is 2.79. The average Bonchev–Trinajstić information content (AvgIpc) is 2.50. The van der Waals surface area contributed by atoms with Gasteiger partial charge in [-0.2, -0.15) is 0 Å². The molecule has 0 radical (unpaired) electrons. The summed E-state index contributed by atoms with van der Waals surface area (Å²) in [4.78, 5) is 14.6. The minimum atomic E-state index is -0.0111. The summed E-state index contributed by atoms with van der Waals surface area (Å²) in [7, 11) is 1.62. The van der Waals surface area contributed by atoms with Crippen molar-refractivity contribution in [2.75, 3.05) is 33.3 Å². The molecule has 1 N–H and O–H groups in total. The third-order valence-electron chi connectivity index (χ3n) is 4.23. The van der Waals surface area contributed by atoms with Crippen molar-refractivity contribution >= 4 is 5.91 Å². The summed E-state index contributed by atoms with van der Waals surface area (Å²) in [5, 5.41) is 2.99. The van der Waals surface area contributed by atoms with E-state index in [1.54, 1.807) is 19.2 Å². The van der Waals surface area contributed by atoms with Crippen molar-refractivity contribution in [2.45, 2.75) is 26.7 Å². The van der Waals surface area contributed by atoms with Crippen molar-refractivity contribution in [1.82, 2.24) is 10.2 Å². The Bertz CT molecular complexity index is 462. The number of piperidine rings is 1. The number of benzene rings is 1. The van der Waals surface area contributed by atoms with E-state index in [9.17, 15) is 4.79 Å². The molecule has 0 spiro atoms.